The molecule has 31 heavy (non-hydrogen) atoms. The fraction of sp³-hybridized carbons (Fsp3) is 0.238. The van der Waals surface area contributed by atoms with Gasteiger partial charge in [-0.05, 0) is 49.4 Å². The van der Waals surface area contributed by atoms with E-state index in [1.807, 2.05) is 25.1 Å². The molecule has 10 heteroatoms. The molecule has 7 nitrogen and oxygen atoms in total. The number of piperazine rings is 1. The Labute approximate surface area is 190 Å². The second kappa shape index (κ2) is 8.63. The number of hydrogen-bond acceptors (Lipinski definition) is 4. The van der Waals surface area contributed by atoms with E-state index in [2.05, 4.69) is 5.10 Å². The van der Waals surface area contributed by atoms with Crippen LogP contribution in [0.4, 0.5) is 0 Å². The molecule has 0 N–H and O–H groups in total. The highest BCUT2D eigenvalue weighted by Gasteiger charge is 2.32. The number of hydrogen-bond donors (Lipinski definition) is 0. The zero-order valence-electron chi connectivity index (χ0n) is 16.7. The molecule has 162 valence electrons. The average Bonchev–Trinajstić information content (AvgIpc) is 3.21. The molecule has 0 atom stereocenters. The first-order valence-corrected chi connectivity index (χ1v) is 11.8. The summed E-state index contributed by atoms with van der Waals surface area (Å²) < 4.78 is 29.0. The molecule has 3 aromatic rings. The largest absolute Gasteiger partial charge is 0.336 e. The van der Waals surface area contributed by atoms with Crippen LogP contribution in [0.5, 0.6) is 0 Å². The molecule has 0 bridgehead atoms. The van der Waals surface area contributed by atoms with Crippen LogP contribution >= 0.6 is 23.2 Å². The number of benzene rings is 2. The predicted octanol–water partition coefficient (Wildman–Crippen LogP) is 3.63. The van der Waals surface area contributed by atoms with Crippen LogP contribution in [0.2, 0.25) is 10.0 Å². The maximum Gasteiger partial charge on any atom is 0.253 e. The van der Waals surface area contributed by atoms with Gasteiger partial charge in [-0.25, -0.2) is 13.1 Å². The number of aromatic nitrogens is 2. The van der Waals surface area contributed by atoms with Gasteiger partial charge in [0, 0.05) is 43.6 Å². The first-order valence-electron chi connectivity index (χ1n) is 9.63. The fourth-order valence-corrected chi connectivity index (χ4v) is 5.68. The van der Waals surface area contributed by atoms with Crippen molar-refractivity contribution >= 4 is 39.1 Å². The van der Waals surface area contributed by atoms with Crippen molar-refractivity contribution in [3.63, 3.8) is 0 Å². The van der Waals surface area contributed by atoms with Crippen LogP contribution in [-0.4, -0.2) is 59.5 Å². The van der Waals surface area contributed by atoms with Crippen molar-refractivity contribution in [1.29, 1.82) is 0 Å². The number of carbonyl (C=O) groups excluding carboxylic acids is 1. The van der Waals surface area contributed by atoms with E-state index in [1.54, 1.807) is 40.0 Å². The van der Waals surface area contributed by atoms with E-state index < -0.39 is 10.0 Å². The Hall–Kier alpha value is -2.39. The first-order chi connectivity index (χ1) is 14.8. The fourth-order valence-electron chi connectivity index (χ4n) is 3.52. The van der Waals surface area contributed by atoms with Crippen LogP contribution in [0.3, 0.4) is 0 Å². The monoisotopic (exact) mass is 478 g/mol. The average molecular weight is 479 g/mol. The van der Waals surface area contributed by atoms with Crippen molar-refractivity contribution in [2.24, 2.45) is 0 Å². The third kappa shape index (κ3) is 4.21. The highest BCUT2D eigenvalue weighted by atomic mass is 35.5. The number of sulfonamides is 1. The molecule has 0 unspecified atom stereocenters. The minimum Gasteiger partial charge on any atom is -0.336 e. The number of aryl methyl sites for hydroxylation is 1. The zero-order valence-corrected chi connectivity index (χ0v) is 19.0. The normalized spacial score (nSPS) is 15.3. The molecule has 0 spiro atoms. The first kappa shape index (κ1) is 21.8. The minimum atomic E-state index is -3.79. The van der Waals surface area contributed by atoms with Gasteiger partial charge in [-0.15, -0.1) is 0 Å². The smallest absolute Gasteiger partial charge is 0.253 e. The molecule has 4 rings (SSSR count). The van der Waals surface area contributed by atoms with E-state index in [9.17, 15) is 13.2 Å². The molecular formula is C21H20Cl2N4O3S. The van der Waals surface area contributed by atoms with Crippen molar-refractivity contribution in [2.45, 2.75) is 11.8 Å². The minimum absolute atomic E-state index is 0.00943. The van der Waals surface area contributed by atoms with E-state index in [4.69, 9.17) is 23.2 Å². The van der Waals surface area contributed by atoms with Crippen molar-refractivity contribution in [3.8, 4) is 5.69 Å². The van der Waals surface area contributed by atoms with Gasteiger partial charge in [0.05, 0.1) is 15.7 Å². The van der Waals surface area contributed by atoms with Crippen molar-refractivity contribution in [1.82, 2.24) is 19.0 Å². The number of nitrogens with zero attached hydrogens (tertiary/aromatic N) is 4. The van der Waals surface area contributed by atoms with Crippen LogP contribution < -0.4 is 0 Å². The summed E-state index contributed by atoms with van der Waals surface area (Å²) in [5, 5.41) is 4.45. The summed E-state index contributed by atoms with van der Waals surface area (Å²) in [4.78, 5) is 14.5. The lowest BCUT2D eigenvalue weighted by molar-refractivity contribution is 0.0698. The van der Waals surface area contributed by atoms with Crippen LogP contribution in [0.15, 0.2) is 59.6 Å². The van der Waals surface area contributed by atoms with E-state index in [0.29, 0.717) is 5.56 Å². The van der Waals surface area contributed by atoms with Gasteiger partial charge >= 0.3 is 0 Å². The summed E-state index contributed by atoms with van der Waals surface area (Å²) in [5.41, 5.74) is 2.41. The molecule has 1 amide bonds. The highest BCUT2D eigenvalue weighted by molar-refractivity contribution is 7.89. The Morgan fingerprint density at radius 2 is 1.65 bits per heavy atom. The zero-order chi connectivity index (χ0) is 22.2. The molecule has 0 aliphatic carbocycles. The Kier molecular flexibility index (Phi) is 6.07. The molecule has 1 saturated heterocycles. The van der Waals surface area contributed by atoms with Gasteiger partial charge in [0.25, 0.3) is 5.91 Å². The Balaban J connectivity index is 1.44. The summed E-state index contributed by atoms with van der Waals surface area (Å²) in [6.07, 6.45) is 1.72. The summed E-state index contributed by atoms with van der Waals surface area (Å²) in [7, 11) is -3.79. The van der Waals surface area contributed by atoms with Gasteiger partial charge in [-0.3, -0.25) is 4.79 Å². The molecule has 1 aliphatic rings. The second-order valence-electron chi connectivity index (χ2n) is 7.18. The van der Waals surface area contributed by atoms with Crippen molar-refractivity contribution in [3.05, 3.63) is 76.0 Å². The van der Waals surface area contributed by atoms with Gasteiger partial charge < -0.3 is 4.90 Å². The standard InChI is InChI=1S/C21H20Cl2N4O3S/c1-15-9-10-24-27(15)17-7-5-16(6-8-17)21(28)25-11-13-26(14-12-25)31(29,30)19-4-2-3-18(22)20(19)23/h2-10H,11-14H2,1H3. The Bertz CT molecular complexity index is 1220. The second-order valence-corrected chi connectivity index (χ2v) is 9.87. The van der Waals surface area contributed by atoms with Gasteiger partial charge in [-0.2, -0.15) is 9.40 Å². The Morgan fingerprint density at radius 3 is 2.26 bits per heavy atom. The van der Waals surface area contributed by atoms with Gasteiger partial charge in [0.15, 0.2) is 0 Å². The lowest BCUT2D eigenvalue weighted by Gasteiger charge is -2.34. The summed E-state index contributed by atoms with van der Waals surface area (Å²) in [6, 6.07) is 13.6. The molecule has 1 aromatic heterocycles. The van der Waals surface area contributed by atoms with E-state index in [-0.39, 0.29) is 47.0 Å². The van der Waals surface area contributed by atoms with Crippen LogP contribution in [0, 0.1) is 6.92 Å². The molecule has 1 aliphatic heterocycles. The maximum atomic E-state index is 13.0. The third-order valence-corrected chi connectivity index (χ3v) is 8.12. The number of rotatable bonds is 4. The van der Waals surface area contributed by atoms with Gasteiger partial charge in [-0.1, -0.05) is 29.3 Å². The molecule has 0 saturated carbocycles. The van der Waals surface area contributed by atoms with E-state index in [0.717, 1.165) is 11.4 Å². The highest BCUT2D eigenvalue weighted by Crippen LogP contribution is 2.31. The van der Waals surface area contributed by atoms with E-state index in [1.165, 1.54) is 10.4 Å². The van der Waals surface area contributed by atoms with Crippen molar-refractivity contribution in [2.75, 3.05) is 26.2 Å². The summed E-state index contributed by atoms with van der Waals surface area (Å²) in [6.45, 7) is 2.89. The number of carbonyl (C=O) groups is 1. The maximum absolute atomic E-state index is 13.0. The molecule has 2 aromatic carbocycles. The topological polar surface area (TPSA) is 75.5 Å². The summed E-state index contributed by atoms with van der Waals surface area (Å²) >= 11 is 12.1. The quantitative estimate of drug-likeness (QED) is 0.573. The van der Waals surface area contributed by atoms with Crippen molar-refractivity contribution < 1.29 is 13.2 Å². The Morgan fingerprint density at radius 1 is 0.968 bits per heavy atom. The lowest BCUT2D eigenvalue weighted by atomic mass is 10.1. The van der Waals surface area contributed by atoms with Crippen LogP contribution in [-0.2, 0) is 10.0 Å². The summed E-state index contributed by atoms with van der Waals surface area (Å²) in [5.74, 6) is -0.137. The lowest BCUT2D eigenvalue weighted by Crippen LogP contribution is -2.50. The van der Waals surface area contributed by atoms with Crippen LogP contribution in [0.1, 0.15) is 16.1 Å². The van der Waals surface area contributed by atoms with Gasteiger partial charge in [0.1, 0.15) is 4.90 Å². The molecular weight excluding hydrogens is 459 g/mol. The number of amides is 1. The SMILES string of the molecule is Cc1ccnn1-c1ccc(C(=O)N2CCN(S(=O)(=O)c3cccc(Cl)c3Cl)CC2)cc1. The third-order valence-electron chi connectivity index (χ3n) is 5.25. The number of halogens is 2. The van der Waals surface area contributed by atoms with E-state index >= 15 is 0 Å². The molecule has 2 heterocycles. The molecule has 0 radical (unpaired) electrons. The van der Waals surface area contributed by atoms with Crippen LogP contribution in [0.25, 0.3) is 5.69 Å². The van der Waals surface area contributed by atoms with Gasteiger partial charge in [0.2, 0.25) is 10.0 Å². The molecule has 1 fully saturated rings. The predicted molar refractivity (Wildman–Crippen MR) is 119 cm³/mol.